The van der Waals surface area contributed by atoms with Gasteiger partial charge in [-0.1, -0.05) is 84.4 Å². The van der Waals surface area contributed by atoms with Crippen LogP contribution in [0.1, 0.15) is 65.5 Å². The summed E-state index contributed by atoms with van der Waals surface area (Å²) in [5.41, 5.74) is 1.30. The highest BCUT2D eigenvalue weighted by Crippen LogP contribution is 2.65. The van der Waals surface area contributed by atoms with E-state index in [1.165, 1.54) is 25.4 Å². The molecule has 2 fully saturated rings. The van der Waals surface area contributed by atoms with Crippen molar-refractivity contribution < 1.29 is 32.4 Å². The highest BCUT2D eigenvalue weighted by Gasteiger charge is 2.70. The van der Waals surface area contributed by atoms with E-state index >= 15 is 0 Å². The minimum absolute atomic E-state index is 0.0236. The second-order valence-electron chi connectivity index (χ2n) is 17.0. The smallest absolute Gasteiger partial charge is 0.315 e. The zero-order chi connectivity index (χ0) is 41.2. The van der Waals surface area contributed by atoms with Gasteiger partial charge in [-0.3, -0.25) is 19.2 Å². The molecular formula is C41H57N7O7S. The molecule has 1 saturated heterocycles. The number of rotatable bonds is 16. The Kier molecular flexibility index (Phi) is 12.8. The van der Waals surface area contributed by atoms with Crippen LogP contribution in [0.25, 0.3) is 0 Å². The summed E-state index contributed by atoms with van der Waals surface area (Å²) in [5.74, 6) is -3.00. The molecule has 1 saturated carbocycles. The molecular weight excluding hydrogens is 735 g/mol. The number of urea groups is 1. The van der Waals surface area contributed by atoms with Crippen molar-refractivity contribution in [3.8, 4) is 0 Å². The van der Waals surface area contributed by atoms with E-state index in [4.69, 9.17) is 0 Å². The van der Waals surface area contributed by atoms with Gasteiger partial charge in [-0.2, -0.15) is 4.31 Å². The number of amides is 5. The van der Waals surface area contributed by atoms with E-state index in [0.29, 0.717) is 25.8 Å². The molecule has 1 unspecified atom stereocenters. The number of Topliss-reactive ketones (excluding diaryl/α,β-unsaturated/α-hetero) is 1. The van der Waals surface area contributed by atoms with Crippen LogP contribution in [-0.4, -0.2) is 103 Å². The topological polar surface area (TPSA) is 187 Å². The van der Waals surface area contributed by atoms with E-state index in [2.05, 4.69) is 46.7 Å². The highest BCUT2D eigenvalue weighted by molar-refractivity contribution is 7.89. The van der Waals surface area contributed by atoms with Crippen molar-refractivity contribution in [3.05, 3.63) is 72.4 Å². The van der Waals surface area contributed by atoms with Gasteiger partial charge in [0.25, 0.3) is 15.9 Å². The Morgan fingerprint density at radius 1 is 1.02 bits per heavy atom. The average molecular weight is 792 g/mol. The van der Waals surface area contributed by atoms with E-state index in [0.717, 1.165) is 15.4 Å². The lowest BCUT2D eigenvalue weighted by atomic mass is 9.86. The first kappa shape index (κ1) is 42.5. The van der Waals surface area contributed by atoms with Gasteiger partial charge in [0.15, 0.2) is 5.03 Å². The quantitative estimate of drug-likeness (QED) is 0.148. The molecule has 15 heteroatoms. The second kappa shape index (κ2) is 16.8. The zero-order valence-corrected chi connectivity index (χ0v) is 34.3. The average Bonchev–Trinajstić information content (AvgIpc) is 3.50. The van der Waals surface area contributed by atoms with Crippen molar-refractivity contribution in [2.24, 2.45) is 28.6 Å². The van der Waals surface area contributed by atoms with Crippen molar-refractivity contribution in [1.29, 1.82) is 0 Å². The molecule has 0 radical (unpaired) electrons. The van der Waals surface area contributed by atoms with Crippen molar-refractivity contribution in [2.45, 2.75) is 96.4 Å². The van der Waals surface area contributed by atoms with Crippen LogP contribution in [-0.2, 0) is 42.0 Å². The second-order valence-corrected chi connectivity index (χ2v) is 19.0. The number of piperidine rings is 1. The van der Waals surface area contributed by atoms with Gasteiger partial charge < -0.3 is 26.2 Å². The third-order valence-corrected chi connectivity index (χ3v) is 13.6. The maximum Gasteiger partial charge on any atom is 0.315 e. The van der Waals surface area contributed by atoms with Crippen LogP contribution in [0.2, 0.25) is 0 Å². The first-order chi connectivity index (χ1) is 26.3. The predicted molar refractivity (Wildman–Crippen MR) is 211 cm³/mol. The molecule has 0 spiro atoms. The van der Waals surface area contributed by atoms with Crippen LogP contribution in [0.4, 0.5) is 4.79 Å². The molecule has 2 aromatic rings. The number of nitrogens with zero attached hydrogens (tertiary/aromatic N) is 3. The number of likely N-dealkylation sites (tertiary alicyclic amines) is 1. The summed E-state index contributed by atoms with van der Waals surface area (Å²) < 4.78 is 27.9. The number of fused-ring (bicyclic) bond motifs is 2. The van der Waals surface area contributed by atoms with Crippen molar-refractivity contribution in [1.82, 2.24) is 35.5 Å². The molecule has 6 atom stereocenters. The minimum atomic E-state index is -3.97. The van der Waals surface area contributed by atoms with E-state index in [-0.39, 0.29) is 47.7 Å². The van der Waals surface area contributed by atoms with Crippen molar-refractivity contribution in [2.75, 3.05) is 26.7 Å². The highest BCUT2D eigenvalue weighted by atomic mass is 32.2. The third-order valence-electron chi connectivity index (χ3n) is 11.8. The number of pyridine rings is 1. The summed E-state index contributed by atoms with van der Waals surface area (Å²) in [4.78, 5) is 74.5. The number of benzene rings is 1. The zero-order valence-electron chi connectivity index (χ0n) is 33.5. The van der Waals surface area contributed by atoms with Crippen molar-refractivity contribution in [3.63, 3.8) is 0 Å². The lowest BCUT2D eigenvalue weighted by Crippen LogP contribution is -2.61. The summed E-state index contributed by atoms with van der Waals surface area (Å²) in [7, 11) is -2.54. The van der Waals surface area contributed by atoms with Crippen LogP contribution in [0, 0.1) is 28.6 Å². The van der Waals surface area contributed by atoms with E-state index < -0.39 is 69.1 Å². The molecule has 304 valence electrons. The molecule has 1 aromatic heterocycles. The first-order valence-electron chi connectivity index (χ1n) is 19.4. The monoisotopic (exact) mass is 791 g/mol. The molecule has 5 amide bonds. The number of likely N-dealkylation sites (N-methyl/N-ethyl adjacent to an activating group) is 1. The van der Waals surface area contributed by atoms with Crippen LogP contribution < -0.4 is 21.3 Å². The number of carbonyl (C=O) groups is 5. The van der Waals surface area contributed by atoms with Gasteiger partial charge >= 0.3 is 6.03 Å². The van der Waals surface area contributed by atoms with Gasteiger partial charge in [0, 0.05) is 38.9 Å². The SMILES string of the molecule is C=CCNC(=O)C(=O)C(CCC)NC(=O)[C@@H]1[C@@H]2[C@H](CN1C(=O)[C@@H](NC(=O)N[C@H](CN(C)S(=O)(=O)c1ccccn1)C(C)(C)C)C1Cc3ccccc3C1)C2(C)C. The number of aromatic nitrogens is 1. The Bertz CT molecular complexity index is 1910. The molecule has 1 aromatic carbocycles. The van der Waals surface area contributed by atoms with Crippen LogP contribution in [0.5, 0.6) is 0 Å². The molecule has 14 nitrogen and oxygen atoms in total. The normalized spacial score (nSPS) is 21.6. The third kappa shape index (κ3) is 8.99. The van der Waals surface area contributed by atoms with E-state index in [1.54, 1.807) is 17.0 Å². The van der Waals surface area contributed by atoms with Crippen LogP contribution in [0.3, 0.4) is 0 Å². The molecule has 2 heterocycles. The summed E-state index contributed by atoms with van der Waals surface area (Å²) in [6.45, 7) is 15.5. The molecule has 0 bridgehead atoms. The Morgan fingerprint density at radius 3 is 2.23 bits per heavy atom. The first-order valence-corrected chi connectivity index (χ1v) is 20.8. The Hall–Kier alpha value is -4.63. The maximum absolute atomic E-state index is 14.9. The van der Waals surface area contributed by atoms with Gasteiger partial charge in [-0.25, -0.2) is 18.2 Å². The number of hydrogen-bond donors (Lipinski definition) is 4. The van der Waals surface area contributed by atoms with E-state index in [9.17, 15) is 32.4 Å². The van der Waals surface area contributed by atoms with E-state index in [1.807, 2.05) is 52.0 Å². The fraction of sp³-hybridized carbons (Fsp3) is 0.561. The fourth-order valence-corrected chi connectivity index (χ4v) is 9.43. The molecule has 56 heavy (non-hydrogen) atoms. The standard InChI is InChI=1S/C41H57N7O7S/c1-9-15-29(35(49)37(51)43-19-10-2)44-36(50)34-32-28(41(32,6)7)23-48(34)38(52)33(27-21-25-16-11-12-17-26(25)22-27)46-39(53)45-30(40(3,4)5)24-47(8)56(54,55)31-18-13-14-20-42-31/h10-14,16-18,20,27-30,32-34H,2,9,15,19,21-24H2,1,3-8H3,(H,43,51)(H,44,50)(H2,45,46,53)/t28-,29?,30+,32-,33-,34-/m0/s1. The largest absolute Gasteiger partial charge is 0.346 e. The molecule has 2 aliphatic carbocycles. The lowest BCUT2D eigenvalue weighted by molar-refractivity contribution is -0.144. The van der Waals surface area contributed by atoms with Crippen LogP contribution in [0.15, 0.2) is 66.3 Å². The van der Waals surface area contributed by atoms with Gasteiger partial charge in [-0.05, 0) is 71.1 Å². The van der Waals surface area contributed by atoms with Gasteiger partial charge in [0.1, 0.15) is 12.1 Å². The van der Waals surface area contributed by atoms with Gasteiger partial charge in [-0.15, -0.1) is 6.58 Å². The lowest BCUT2D eigenvalue weighted by Gasteiger charge is -2.37. The van der Waals surface area contributed by atoms with Crippen molar-refractivity contribution >= 4 is 39.6 Å². The Morgan fingerprint density at radius 2 is 1.66 bits per heavy atom. The Labute approximate surface area is 330 Å². The molecule has 3 aliphatic rings. The summed E-state index contributed by atoms with van der Waals surface area (Å²) in [5, 5.41) is 11.1. The maximum atomic E-state index is 14.9. The predicted octanol–water partition coefficient (Wildman–Crippen LogP) is 2.84. The fourth-order valence-electron chi connectivity index (χ4n) is 8.32. The molecule has 4 N–H and O–H groups in total. The number of ketones is 1. The number of sulfonamides is 1. The van der Waals surface area contributed by atoms with Gasteiger partial charge in [0.05, 0.1) is 6.04 Å². The number of hydrogen-bond acceptors (Lipinski definition) is 8. The number of carbonyl (C=O) groups excluding carboxylic acids is 5. The number of nitrogens with one attached hydrogen (secondary N) is 4. The summed E-state index contributed by atoms with van der Waals surface area (Å²) >= 11 is 0. The van der Waals surface area contributed by atoms with Gasteiger partial charge in [0.2, 0.25) is 17.6 Å². The summed E-state index contributed by atoms with van der Waals surface area (Å²) in [6.07, 6.45) is 4.67. The molecule has 5 rings (SSSR count). The molecule has 1 aliphatic heterocycles. The Balaban J connectivity index is 1.40. The summed E-state index contributed by atoms with van der Waals surface area (Å²) in [6, 6.07) is 8.14. The minimum Gasteiger partial charge on any atom is -0.346 e. The van der Waals surface area contributed by atoms with Crippen LogP contribution >= 0.6 is 0 Å².